The van der Waals surface area contributed by atoms with Crippen LogP contribution >= 0.6 is 0 Å². The molecular weight excluding hydrogens is 397 g/mol. The number of aromatic carboxylic acids is 1. The van der Waals surface area contributed by atoms with E-state index in [0.29, 0.717) is 30.4 Å². The smallest absolute Gasteiger partial charge is 0.405 e. The van der Waals surface area contributed by atoms with Crippen LogP contribution in [0.25, 0.3) is 0 Å². The third kappa shape index (κ3) is 4.38. The minimum Gasteiger partial charge on any atom is -0.478 e. The van der Waals surface area contributed by atoms with Crippen LogP contribution in [0.3, 0.4) is 0 Å². The fourth-order valence-corrected chi connectivity index (χ4v) is 4.57. The molecule has 10 heteroatoms. The van der Waals surface area contributed by atoms with E-state index in [0.717, 1.165) is 6.07 Å². The number of sulfonamides is 1. The van der Waals surface area contributed by atoms with Crippen molar-refractivity contribution in [2.75, 3.05) is 16.6 Å². The van der Waals surface area contributed by atoms with Crippen LogP contribution in [-0.4, -0.2) is 32.2 Å². The highest BCUT2D eigenvalue weighted by Gasteiger charge is 2.29. The minimum atomic E-state index is -4.47. The summed E-state index contributed by atoms with van der Waals surface area (Å²) < 4.78 is 65.6. The van der Waals surface area contributed by atoms with Crippen molar-refractivity contribution in [2.45, 2.75) is 30.3 Å². The van der Waals surface area contributed by atoms with Crippen LogP contribution in [0.4, 0.5) is 24.5 Å². The predicted octanol–water partition coefficient (Wildman–Crippen LogP) is 3.65. The Morgan fingerprint density at radius 1 is 1.11 bits per heavy atom. The van der Waals surface area contributed by atoms with Gasteiger partial charge < -0.3 is 10.4 Å². The summed E-state index contributed by atoms with van der Waals surface area (Å²) in [7, 11) is -4.21. The van der Waals surface area contributed by atoms with E-state index >= 15 is 0 Å². The molecule has 6 nitrogen and oxygen atoms in total. The fourth-order valence-electron chi connectivity index (χ4n) is 3.15. The van der Waals surface area contributed by atoms with Gasteiger partial charge in [-0.25, -0.2) is 13.2 Å². The molecule has 2 aromatic rings. The first kappa shape index (κ1) is 20.0. The molecule has 0 bridgehead atoms. The number of alkyl halides is 3. The summed E-state index contributed by atoms with van der Waals surface area (Å²) in [6.07, 6.45) is -2.71. The van der Waals surface area contributed by atoms with Gasteiger partial charge in [-0.15, -0.1) is 0 Å². The number of carbonyl (C=O) groups is 1. The van der Waals surface area contributed by atoms with E-state index in [-0.39, 0.29) is 21.8 Å². The third-order valence-electron chi connectivity index (χ3n) is 4.36. The maximum Gasteiger partial charge on any atom is 0.405 e. The molecule has 0 aromatic heterocycles. The average Bonchev–Trinajstić information content (AvgIpc) is 3.07. The predicted molar refractivity (Wildman–Crippen MR) is 97.2 cm³/mol. The molecular formula is C18H17F3N2O4S. The van der Waals surface area contributed by atoms with Crippen molar-refractivity contribution in [2.24, 2.45) is 0 Å². The standard InChI is InChI=1S/C18H17F3N2O4S/c19-18(20,21)10-22-14-6-1-2-7-15(14)23-28(26,27)16-9-12(17(24)25)8-11-4-3-5-13(11)16/h1-2,6-9,22-23H,3-5,10H2,(H,24,25). The first-order valence-corrected chi connectivity index (χ1v) is 9.87. The lowest BCUT2D eigenvalue weighted by molar-refractivity contribution is -0.115. The Kier molecular flexibility index (Phi) is 5.24. The Bertz CT molecular complexity index is 1020. The second-order valence-electron chi connectivity index (χ2n) is 6.39. The number of hydrogen-bond acceptors (Lipinski definition) is 4. The van der Waals surface area contributed by atoms with Crippen LogP contribution in [0.15, 0.2) is 41.3 Å². The zero-order valence-electron chi connectivity index (χ0n) is 14.5. The number of fused-ring (bicyclic) bond motifs is 1. The lowest BCUT2D eigenvalue weighted by Gasteiger charge is -2.17. The summed E-state index contributed by atoms with van der Waals surface area (Å²) in [4.78, 5) is 11.2. The number of rotatable bonds is 6. The largest absolute Gasteiger partial charge is 0.478 e. The highest BCUT2D eigenvalue weighted by molar-refractivity contribution is 7.92. The molecule has 0 amide bonds. The highest BCUT2D eigenvalue weighted by Crippen LogP contribution is 2.32. The second kappa shape index (κ2) is 7.34. The van der Waals surface area contributed by atoms with Gasteiger partial charge in [0.15, 0.2) is 0 Å². The van der Waals surface area contributed by atoms with E-state index in [2.05, 4.69) is 10.0 Å². The van der Waals surface area contributed by atoms with Crippen molar-refractivity contribution in [3.63, 3.8) is 0 Å². The monoisotopic (exact) mass is 414 g/mol. The Balaban J connectivity index is 1.97. The van der Waals surface area contributed by atoms with Crippen molar-refractivity contribution < 1.29 is 31.5 Å². The van der Waals surface area contributed by atoms with E-state index in [1.54, 1.807) is 0 Å². The Morgan fingerprint density at radius 2 is 1.79 bits per heavy atom. The number of carboxylic acids is 1. The van der Waals surface area contributed by atoms with Crippen LogP contribution in [0.2, 0.25) is 0 Å². The van der Waals surface area contributed by atoms with Gasteiger partial charge in [0.1, 0.15) is 6.54 Å². The minimum absolute atomic E-state index is 0.0329. The summed E-state index contributed by atoms with van der Waals surface area (Å²) in [6.45, 7) is -1.32. The van der Waals surface area contributed by atoms with Crippen molar-refractivity contribution in [1.82, 2.24) is 0 Å². The van der Waals surface area contributed by atoms with Crippen LogP contribution in [0, 0.1) is 0 Å². The van der Waals surface area contributed by atoms with Gasteiger partial charge in [-0.1, -0.05) is 12.1 Å². The maximum atomic E-state index is 12.9. The quantitative estimate of drug-likeness (QED) is 0.671. The molecule has 0 spiro atoms. The first-order valence-electron chi connectivity index (χ1n) is 8.38. The molecule has 150 valence electrons. The molecule has 1 aliphatic rings. The maximum absolute atomic E-state index is 12.9. The zero-order valence-corrected chi connectivity index (χ0v) is 15.3. The SMILES string of the molecule is O=C(O)c1cc2c(c(S(=O)(=O)Nc3ccccc3NCC(F)(F)F)c1)CCC2. The summed E-state index contributed by atoms with van der Waals surface area (Å²) in [5.74, 6) is -1.25. The molecule has 0 heterocycles. The molecule has 1 aliphatic carbocycles. The van der Waals surface area contributed by atoms with Gasteiger partial charge in [0.25, 0.3) is 10.0 Å². The fraction of sp³-hybridized carbons (Fsp3) is 0.278. The van der Waals surface area contributed by atoms with Gasteiger partial charge in [-0.05, 0) is 54.7 Å². The second-order valence-corrected chi connectivity index (χ2v) is 8.04. The van der Waals surface area contributed by atoms with Crippen molar-refractivity contribution in [3.8, 4) is 0 Å². The summed E-state index contributed by atoms with van der Waals surface area (Å²) >= 11 is 0. The highest BCUT2D eigenvalue weighted by atomic mass is 32.2. The molecule has 0 atom stereocenters. The number of halogens is 3. The van der Waals surface area contributed by atoms with Gasteiger partial charge in [-0.3, -0.25) is 4.72 Å². The molecule has 0 saturated carbocycles. The van der Waals surface area contributed by atoms with Gasteiger partial charge in [0, 0.05) is 0 Å². The molecule has 0 unspecified atom stereocenters. The van der Waals surface area contributed by atoms with Crippen LogP contribution < -0.4 is 10.0 Å². The summed E-state index contributed by atoms with van der Waals surface area (Å²) in [6, 6.07) is 8.15. The van der Waals surface area contributed by atoms with Gasteiger partial charge in [0.05, 0.1) is 21.8 Å². The van der Waals surface area contributed by atoms with Crippen LogP contribution in [0.5, 0.6) is 0 Å². The first-order chi connectivity index (χ1) is 13.1. The Morgan fingerprint density at radius 3 is 2.43 bits per heavy atom. The molecule has 0 aliphatic heterocycles. The number of anilines is 2. The summed E-state index contributed by atoms with van der Waals surface area (Å²) in [5, 5.41) is 11.4. The Hall–Kier alpha value is -2.75. The third-order valence-corrected chi connectivity index (χ3v) is 5.79. The molecule has 28 heavy (non-hydrogen) atoms. The van der Waals surface area contributed by atoms with E-state index in [9.17, 15) is 31.5 Å². The molecule has 3 N–H and O–H groups in total. The number of nitrogens with one attached hydrogen (secondary N) is 2. The Labute approximate surface area is 159 Å². The topological polar surface area (TPSA) is 95.5 Å². The van der Waals surface area contributed by atoms with E-state index in [4.69, 9.17) is 0 Å². The molecule has 0 saturated heterocycles. The number of carboxylic acid groups (broad SMARTS) is 1. The molecule has 2 aromatic carbocycles. The lowest BCUT2D eigenvalue weighted by Crippen LogP contribution is -2.22. The normalized spacial score (nSPS) is 13.8. The van der Waals surface area contributed by atoms with E-state index < -0.39 is 28.7 Å². The van der Waals surface area contributed by atoms with Crippen molar-refractivity contribution in [3.05, 3.63) is 53.1 Å². The van der Waals surface area contributed by atoms with Crippen molar-refractivity contribution in [1.29, 1.82) is 0 Å². The number of aryl methyl sites for hydroxylation is 1. The van der Waals surface area contributed by atoms with Gasteiger partial charge >= 0.3 is 12.1 Å². The summed E-state index contributed by atoms with van der Waals surface area (Å²) in [5.41, 5.74) is 0.958. The molecule has 0 radical (unpaired) electrons. The number of para-hydroxylation sites is 2. The van der Waals surface area contributed by atoms with Gasteiger partial charge in [0.2, 0.25) is 0 Å². The number of benzene rings is 2. The van der Waals surface area contributed by atoms with Crippen molar-refractivity contribution >= 4 is 27.4 Å². The van der Waals surface area contributed by atoms with Gasteiger partial charge in [-0.2, -0.15) is 13.2 Å². The molecule has 3 rings (SSSR count). The van der Waals surface area contributed by atoms with E-state index in [1.165, 1.54) is 30.3 Å². The zero-order chi connectivity index (χ0) is 20.5. The lowest BCUT2D eigenvalue weighted by atomic mass is 10.1. The van der Waals surface area contributed by atoms with Crippen LogP contribution in [0.1, 0.15) is 27.9 Å². The average molecular weight is 414 g/mol. The van der Waals surface area contributed by atoms with Crippen LogP contribution in [-0.2, 0) is 22.9 Å². The molecule has 0 fully saturated rings. The van der Waals surface area contributed by atoms with E-state index in [1.807, 2.05) is 0 Å². The number of hydrogen-bond donors (Lipinski definition) is 3.